The Balaban J connectivity index is 1.42. The van der Waals surface area contributed by atoms with Crippen molar-refractivity contribution in [2.45, 2.75) is 59.1 Å². The number of piperidine rings is 1. The summed E-state index contributed by atoms with van der Waals surface area (Å²) in [5, 5.41) is 21.8. The number of fused-ring (bicyclic) bond motifs is 1. The summed E-state index contributed by atoms with van der Waals surface area (Å²) in [6, 6.07) is 6.06. The summed E-state index contributed by atoms with van der Waals surface area (Å²) in [5.41, 5.74) is 3.56. The van der Waals surface area contributed by atoms with E-state index in [4.69, 9.17) is 4.74 Å². The van der Waals surface area contributed by atoms with Gasteiger partial charge in [-0.2, -0.15) is 9.49 Å². The molecule has 1 saturated heterocycles. The van der Waals surface area contributed by atoms with Gasteiger partial charge in [-0.1, -0.05) is 20.8 Å². The van der Waals surface area contributed by atoms with Crippen molar-refractivity contribution in [2.75, 3.05) is 19.7 Å². The fourth-order valence-electron chi connectivity index (χ4n) is 5.31. The maximum Gasteiger partial charge on any atom is 0.270 e. The Morgan fingerprint density at radius 2 is 1.95 bits per heavy atom. The van der Waals surface area contributed by atoms with Gasteiger partial charge < -0.3 is 20.5 Å². The number of ether oxygens (including phenoxy) is 1. The van der Waals surface area contributed by atoms with Gasteiger partial charge in [0.05, 0.1) is 18.5 Å². The van der Waals surface area contributed by atoms with Crippen LogP contribution in [0.1, 0.15) is 67.2 Å². The van der Waals surface area contributed by atoms with Crippen LogP contribution >= 0.6 is 0 Å². The lowest BCUT2D eigenvalue weighted by molar-refractivity contribution is 0.0575. The van der Waals surface area contributed by atoms with Gasteiger partial charge in [0.2, 0.25) is 5.82 Å². The third kappa shape index (κ3) is 5.89. The van der Waals surface area contributed by atoms with Crippen LogP contribution in [0.25, 0.3) is 16.8 Å². The van der Waals surface area contributed by atoms with Crippen molar-refractivity contribution in [3.05, 3.63) is 70.9 Å². The molecular formula is C31H38F2N6O3. The van der Waals surface area contributed by atoms with Crippen LogP contribution in [0.15, 0.2) is 36.7 Å². The van der Waals surface area contributed by atoms with Gasteiger partial charge >= 0.3 is 0 Å². The monoisotopic (exact) mass is 580 g/mol. The van der Waals surface area contributed by atoms with Gasteiger partial charge in [0.1, 0.15) is 17.4 Å². The number of rotatable bonds is 8. The zero-order valence-corrected chi connectivity index (χ0v) is 24.7. The highest BCUT2D eigenvalue weighted by Gasteiger charge is 2.30. The van der Waals surface area contributed by atoms with Crippen molar-refractivity contribution in [3.63, 3.8) is 0 Å². The molecule has 0 spiro atoms. The van der Waals surface area contributed by atoms with E-state index in [2.05, 4.69) is 20.7 Å². The highest BCUT2D eigenvalue weighted by Crippen LogP contribution is 2.36. The average Bonchev–Trinajstić information content (AvgIpc) is 3.51. The number of hydrogen-bond acceptors (Lipinski definition) is 6. The molecule has 4 heterocycles. The van der Waals surface area contributed by atoms with E-state index in [0.29, 0.717) is 34.6 Å². The molecule has 0 saturated carbocycles. The summed E-state index contributed by atoms with van der Waals surface area (Å²) in [5.74, 6) is -2.59. The molecule has 1 aromatic carbocycles. The Bertz CT molecular complexity index is 1600. The van der Waals surface area contributed by atoms with Gasteiger partial charge in [-0.25, -0.2) is 9.37 Å². The number of carbonyl (C=O) groups is 1. The van der Waals surface area contributed by atoms with Gasteiger partial charge in [-0.05, 0) is 62.5 Å². The van der Waals surface area contributed by atoms with Gasteiger partial charge in [-0.3, -0.25) is 13.9 Å². The molecule has 42 heavy (non-hydrogen) atoms. The number of halogens is 2. The number of amides is 1. The molecule has 1 aliphatic rings. The third-order valence-electron chi connectivity index (χ3n) is 7.94. The molecule has 1 unspecified atom stereocenters. The first kappa shape index (κ1) is 29.7. The van der Waals surface area contributed by atoms with Crippen molar-refractivity contribution in [2.24, 2.45) is 12.5 Å². The summed E-state index contributed by atoms with van der Waals surface area (Å²) < 4.78 is 38.9. The number of nitrogens with one attached hydrogen (secondary N) is 2. The molecule has 0 aliphatic carbocycles. The highest BCUT2D eigenvalue weighted by molar-refractivity contribution is 5.93. The highest BCUT2D eigenvalue weighted by atomic mass is 19.2. The van der Waals surface area contributed by atoms with Crippen LogP contribution in [-0.4, -0.2) is 55.9 Å². The van der Waals surface area contributed by atoms with E-state index in [1.165, 1.54) is 12.3 Å². The van der Waals surface area contributed by atoms with E-state index >= 15 is 4.39 Å². The van der Waals surface area contributed by atoms with E-state index in [-0.39, 0.29) is 24.3 Å². The Morgan fingerprint density at radius 1 is 1.21 bits per heavy atom. The van der Waals surface area contributed by atoms with Crippen molar-refractivity contribution in [1.82, 2.24) is 29.8 Å². The predicted octanol–water partition coefficient (Wildman–Crippen LogP) is 4.50. The molecule has 3 aromatic heterocycles. The Kier molecular flexibility index (Phi) is 8.34. The van der Waals surface area contributed by atoms with Crippen LogP contribution in [0.5, 0.6) is 5.75 Å². The number of aliphatic hydroxyl groups is 1. The van der Waals surface area contributed by atoms with Crippen LogP contribution < -0.4 is 15.4 Å². The second-order valence-corrected chi connectivity index (χ2v) is 12.0. The van der Waals surface area contributed by atoms with Crippen molar-refractivity contribution in [1.29, 1.82) is 0 Å². The molecule has 0 radical (unpaired) electrons. The van der Waals surface area contributed by atoms with Gasteiger partial charge in [-0.15, -0.1) is 0 Å². The van der Waals surface area contributed by atoms with E-state index in [1.807, 2.05) is 27.7 Å². The number of hydrogen-bond donors (Lipinski definition) is 3. The number of aromatic nitrogens is 4. The van der Waals surface area contributed by atoms with E-state index in [9.17, 15) is 14.3 Å². The summed E-state index contributed by atoms with van der Waals surface area (Å²) in [6.45, 7) is 9.40. The Hall–Kier alpha value is -3.83. The second-order valence-electron chi connectivity index (χ2n) is 12.0. The normalized spacial score (nSPS) is 15.2. The SMILES string of the molecule is Cc1c(CCOc2c(-c3ccc4ncc(C(=O)NC5CCNCC5)n4c3)ccc(F)c2F)c(C(O)C(C)(C)C)nn1C. The van der Waals surface area contributed by atoms with E-state index in [0.717, 1.165) is 43.3 Å². The van der Waals surface area contributed by atoms with Crippen LogP contribution in [0.4, 0.5) is 8.78 Å². The maximum absolute atomic E-state index is 15.2. The third-order valence-corrected chi connectivity index (χ3v) is 7.94. The van der Waals surface area contributed by atoms with Gasteiger partial charge in [0.25, 0.3) is 5.91 Å². The average molecular weight is 581 g/mol. The standard InChI is InChI=1S/C31H38F2N6O3/c1-18-21(27(37-38(18)5)29(40)31(2,3)4)12-15-42-28-22(7-8-23(32)26(28)33)19-6-9-25-35-16-24(39(25)17-19)30(41)36-20-10-13-34-14-11-20/h6-9,16-17,20,29,34,40H,10-15H2,1-5H3,(H,36,41). The lowest BCUT2D eigenvalue weighted by atomic mass is 9.85. The minimum Gasteiger partial charge on any atom is -0.489 e. The first-order chi connectivity index (χ1) is 20.0. The number of imidazole rings is 1. The number of aryl methyl sites for hydroxylation is 1. The Labute approximate surface area is 243 Å². The number of benzene rings is 1. The molecule has 0 bridgehead atoms. The number of carbonyl (C=O) groups excluding carboxylic acids is 1. The summed E-state index contributed by atoms with van der Waals surface area (Å²) >= 11 is 0. The number of aliphatic hydroxyl groups excluding tert-OH is 1. The molecule has 11 heteroatoms. The molecule has 3 N–H and O–H groups in total. The van der Waals surface area contributed by atoms with Crippen molar-refractivity contribution in [3.8, 4) is 16.9 Å². The molecule has 224 valence electrons. The molecular weight excluding hydrogens is 542 g/mol. The zero-order valence-electron chi connectivity index (χ0n) is 24.7. The molecule has 1 atom stereocenters. The molecule has 1 fully saturated rings. The fourth-order valence-corrected chi connectivity index (χ4v) is 5.31. The topological polar surface area (TPSA) is 106 Å². The molecule has 1 aliphatic heterocycles. The first-order valence-electron chi connectivity index (χ1n) is 14.3. The smallest absolute Gasteiger partial charge is 0.270 e. The lowest BCUT2D eigenvalue weighted by Gasteiger charge is -2.25. The maximum atomic E-state index is 15.2. The second kappa shape index (κ2) is 11.8. The van der Waals surface area contributed by atoms with E-state index < -0.39 is 23.2 Å². The van der Waals surface area contributed by atoms with Gasteiger partial charge in [0, 0.05) is 48.1 Å². The molecule has 5 rings (SSSR count). The lowest BCUT2D eigenvalue weighted by Crippen LogP contribution is -2.43. The van der Waals surface area contributed by atoms with E-state index in [1.54, 1.807) is 34.5 Å². The largest absolute Gasteiger partial charge is 0.489 e. The van der Waals surface area contributed by atoms with Crippen LogP contribution in [0.2, 0.25) is 0 Å². The Morgan fingerprint density at radius 3 is 2.67 bits per heavy atom. The van der Waals surface area contributed by atoms with Gasteiger partial charge in [0.15, 0.2) is 11.6 Å². The summed E-state index contributed by atoms with van der Waals surface area (Å²) in [6.07, 6.45) is 4.41. The minimum absolute atomic E-state index is 0.0288. The van der Waals surface area contributed by atoms with Crippen molar-refractivity contribution < 1.29 is 23.4 Å². The predicted molar refractivity (Wildman–Crippen MR) is 155 cm³/mol. The van der Waals surface area contributed by atoms with Crippen LogP contribution in [0.3, 0.4) is 0 Å². The first-order valence-corrected chi connectivity index (χ1v) is 14.3. The zero-order chi connectivity index (χ0) is 30.2. The van der Waals surface area contributed by atoms with Crippen molar-refractivity contribution >= 4 is 11.6 Å². The molecule has 1 amide bonds. The quantitative estimate of drug-likeness (QED) is 0.283. The summed E-state index contributed by atoms with van der Waals surface area (Å²) in [7, 11) is 1.80. The minimum atomic E-state index is -1.10. The summed E-state index contributed by atoms with van der Waals surface area (Å²) in [4.78, 5) is 17.4. The van der Waals surface area contributed by atoms with Crippen LogP contribution in [-0.2, 0) is 13.5 Å². The molecule has 9 nitrogen and oxygen atoms in total. The number of nitrogens with zero attached hydrogens (tertiary/aromatic N) is 4. The molecule has 4 aromatic rings. The number of pyridine rings is 1. The van der Waals surface area contributed by atoms with Crippen LogP contribution in [0, 0.1) is 24.0 Å². The fraction of sp³-hybridized carbons (Fsp3) is 0.452.